The summed E-state index contributed by atoms with van der Waals surface area (Å²) in [5, 5.41) is 14.0. The zero-order chi connectivity index (χ0) is 16.9. The third-order valence-electron chi connectivity index (χ3n) is 4.12. The van der Waals surface area contributed by atoms with Gasteiger partial charge in [0.25, 0.3) is 5.91 Å². The summed E-state index contributed by atoms with van der Waals surface area (Å²) < 4.78 is 1.56. The molecular formula is C16H20N6O2. The second-order valence-corrected chi connectivity index (χ2v) is 5.85. The highest BCUT2D eigenvalue weighted by molar-refractivity contribution is 5.94. The fraction of sp³-hybridized carbons (Fsp3) is 0.438. The molecule has 0 unspecified atom stereocenters. The molecule has 1 aromatic heterocycles. The van der Waals surface area contributed by atoms with Gasteiger partial charge in [0.15, 0.2) is 0 Å². The Morgan fingerprint density at radius 2 is 2.25 bits per heavy atom. The molecule has 1 aliphatic heterocycles. The van der Waals surface area contributed by atoms with Crippen molar-refractivity contribution in [3.8, 4) is 5.69 Å². The van der Waals surface area contributed by atoms with Crippen molar-refractivity contribution < 1.29 is 9.59 Å². The summed E-state index contributed by atoms with van der Waals surface area (Å²) in [4.78, 5) is 25.6. The highest BCUT2D eigenvalue weighted by Gasteiger charge is 2.19. The minimum Gasteiger partial charge on any atom is -0.352 e. The number of amides is 2. The zero-order valence-corrected chi connectivity index (χ0v) is 13.6. The van der Waals surface area contributed by atoms with Gasteiger partial charge >= 0.3 is 0 Å². The van der Waals surface area contributed by atoms with Crippen LogP contribution in [-0.4, -0.2) is 56.6 Å². The van der Waals surface area contributed by atoms with E-state index < -0.39 is 0 Å². The van der Waals surface area contributed by atoms with Gasteiger partial charge in [0, 0.05) is 31.6 Å². The predicted octanol–water partition coefficient (Wildman–Crippen LogP) is 0.713. The molecule has 1 fully saturated rings. The minimum absolute atomic E-state index is 0.117. The maximum atomic E-state index is 12.2. The Balaban J connectivity index is 1.51. The number of nitrogens with one attached hydrogen (secondary N) is 1. The molecule has 126 valence electrons. The van der Waals surface area contributed by atoms with Gasteiger partial charge in [-0.3, -0.25) is 9.59 Å². The third kappa shape index (κ3) is 3.58. The van der Waals surface area contributed by atoms with Gasteiger partial charge in [-0.2, -0.15) is 0 Å². The van der Waals surface area contributed by atoms with Crippen LogP contribution < -0.4 is 5.32 Å². The van der Waals surface area contributed by atoms with Crippen molar-refractivity contribution in [2.45, 2.75) is 26.2 Å². The molecule has 1 N–H and O–H groups in total. The number of rotatable bonds is 6. The van der Waals surface area contributed by atoms with Gasteiger partial charge in [-0.1, -0.05) is 0 Å². The second kappa shape index (κ2) is 7.20. The highest BCUT2D eigenvalue weighted by atomic mass is 16.2. The van der Waals surface area contributed by atoms with Crippen molar-refractivity contribution >= 4 is 11.8 Å². The highest BCUT2D eigenvalue weighted by Crippen LogP contribution is 2.14. The average molecular weight is 328 g/mol. The van der Waals surface area contributed by atoms with Gasteiger partial charge in [-0.05, 0) is 54.0 Å². The Morgan fingerprint density at radius 1 is 1.38 bits per heavy atom. The topological polar surface area (TPSA) is 93.0 Å². The molecule has 24 heavy (non-hydrogen) atoms. The Kier molecular flexibility index (Phi) is 4.83. The molecular weight excluding hydrogens is 308 g/mol. The molecule has 0 aliphatic carbocycles. The Morgan fingerprint density at radius 3 is 2.92 bits per heavy atom. The molecule has 0 bridgehead atoms. The number of nitrogens with zero attached hydrogens (tertiary/aromatic N) is 5. The Bertz CT molecular complexity index is 728. The fourth-order valence-corrected chi connectivity index (χ4v) is 2.84. The normalized spacial score (nSPS) is 14.2. The molecule has 0 saturated carbocycles. The van der Waals surface area contributed by atoms with E-state index in [1.54, 1.807) is 10.7 Å². The summed E-state index contributed by atoms with van der Waals surface area (Å²) in [5.41, 5.74) is 2.35. The number of benzene rings is 1. The fourth-order valence-electron chi connectivity index (χ4n) is 2.84. The van der Waals surface area contributed by atoms with Crippen molar-refractivity contribution in [1.29, 1.82) is 0 Å². The maximum Gasteiger partial charge on any atom is 0.251 e. The lowest BCUT2D eigenvalue weighted by Gasteiger charge is -2.15. The number of tetrazole rings is 1. The molecule has 3 rings (SSSR count). The number of carbonyl (C=O) groups excluding carboxylic acids is 2. The molecule has 2 aromatic rings. The summed E-state index contributed by atoms with van der Waals surface area (Å²) in [5.74, 6) is 0.101. The quantitative estimate of drug-likeness (QED) is 0.789. The number of hydrogen-bond donors (Lipinski definition) is 1. The summed E-state index contributed by atoms with van der Waals surface area (Å²) in [6.07, 6.45) is 3.87. The number of aryl methyl sites for hydroxylation is 1. The first kappa shape index (κ1) is 16.1. The van der Waals surface area contributed by atoms with E-state index in [2.05, 4.69) is 20.8 Å². The van der Waals surface area contributed by atoms with E-state index in [-0.39, 0.29) is 11.8 Å². The summed E-state index contributed by atoms with van der Waals surface area (Å²) in [6, 6.07) is 5.39. The van der Waals surface area contributed by atoms with Crippen LogP contribution in [0.4, 0.5) is 0 Å². The van der Waals surface area contributed by atoms with Crippen LogP contribution in [0.2, 0.25) is 0 Å². The van der Waals surface area contributed by atoms with E-state index in [4.69, 9.17) is 0 Å². The van der Waals surface area contributed by atoms with Gasteiger partial charge in [-0.15, -0.1) is 5.10 Å². The summed E-state index contributed by atoms with van der Waals surface area (Å²) >= 11 is 0. The first-order valence-electron chi connectivity index (χ1n) is 8.05. The number of hydrogen-bond acceptors (Lipinski definition) is 5. The van der Waals surface area contributed by atoms with Crippen molar-refractivity contribution in [2.75, 3.05) is 19.6 Å². The smallest absolute Gasteiger partial charge is 0.251 e. The summed E-state index contributed by atoms with van der Waals surface area (Å²) in [7, 11) is 0. The molecule has 0 spiro atoms. The van der Waals surface area contributed by atoms with Crippen LogP contribution in [0.3, 0.4) is 0 Å². The number of carbonyl (C=O) groups is 2. The van der Waals surface area contributed by atoms with Crippen LogP contribution in [-0.2, 0) is 4.79 Å². The SMILES string of the molecule is Cc1cc(C(=O)NCCCN2CCCC2=O)ccc1-n1cnnn1. The lowest BCUT2D eigenvalue weighted by Crippen LogP contribution is -2.30. The lowest BCUT2D eigenvalue weighted by atomic mass is 10.1. The van der Waals surface area contributed by atoms with Crippen LogP contribution in [0.1, 0.15) is 35.2 Å². The second-order valence-electron chi connectivity index (χ2n) is 5.85. The molecule has 0 atom stereocenters. The van der Waals surface area contributed by atoms with Gasteiger partial charge < -0.3 is 10.2 Å². The standard InChI is InChI=1S/C16H20N6O2/c1-12-10-13(5-6-14(12)22-11-18-19-20-22)16(24)17-7-3-9-21-8-2-4-15(21)23/h5-6,10-11H,2-4,7-9H2,1H3,(H,17,24). The summed E-state index contributed by atoms with van der Waals surface area (Å²) in [6.45, 7) is 4.00. The van der Waals surface area contributed by atoms with Crippen LogP contribution in [0.15, 0.2) is 24.5 Å². The van der Waals surface area contributed by atoms with E-state index in [0.29, 0.717) is 25.1 Å². The molecule has 8 heteroatoms. The van der Waals surface area contributed by atoms with Crippen molar-refractivity contribution in [3.63, 3.8) is 0 Å². The molecule has 1 aromatic carbocycles. The van der Waals surface area contributed by atoms with E-state index in [1.165, 1.54) is 6.33 Å². The number of likely N-dealkylation sites (tertiary alicyclic amines) is 1. The zero-order valence-electron chi connectivity index (χ0n) is 13.6. The lowest BCUT2D eigenvalue weighted by molar-refractivity contribution is -0.127. The molecule has 0 radical (unpaired) electrons. The molecule has 1 saturated heterocycles. The van der Waals surface area contributed by atoms with E-state index in [0.717, 1.165) is 30.6 Å². The van der Waals surface area contributed by atoms with Gasteiger partial charge in [0.2, 0.25) is 5.91 Å². The van der Waals surface area contributed by atoms with Gasteiger partial charge in [0.1, 0.15) is 6.33 Å². The number of aromatic nitrogens is 4. The molecule has 2 amide bonds. The van der Waals surface area contributed by atoms with Crippen molar-refractivity contribution in [3.05, 3.63) is 35.7 Å². The Hall–Kier alpha value is -2.77. The molecule has 8 nitrogen and oxygen atoms in total. The van der Waals surface area contributed by atoms with Crippen LogP contribution in [0, 0.1) is 6.92 Å². The largest absolute Gasteiger partial charge is 0.352 e. The van der Waals surface area contributed by atoms with Gasteiger partial charge in [-0.25, -0.2) is 4.68 Å². The monoisotopic (exact) mass is 328 g/mol. The molecule has 2 heterocycles. The maximum absolute atomic E-state index is 12.2. The third-order valence-corrected chi connectivity index (χ3v) is 4.12. The average Bonchev–Trinajstić information content (AvgIpc) is 3.23. The predicted molar refractivity (Wildman–Crippen MR) is 86.7 cm³/mol. The van der Waals surface area contributed by atoms with E-state index in [9.17, 15) is 9.59 Å². The van der Waals surface area contributed by atoms with Crippen LogP contribution in [0.25, 0.3) is 5.69 Å². The van der Waals surface area contributed by atoms with Crippen molar-refractivity contribution in [2.24, 2.45) is 0 Å². The van der Waals surface area contributed by atoms with Crippen molar-refractivity contribution in [1.82, 2.24) is 30.4 Å². The van der Waals surface area contributed by atoms with Crippen LogP contribution >= 0.6 is 0 Å². The van der Waals surface area contributed by atoms with Gasteiger partial charge in [0.05, 0.1) is 5.69 Å². The first-order chi connectivity index (χ1) is 11.6. The van der Waals surface area contributed by atoms with E-state index in [1.807, 2.05) is 24.0 Å². The Labute approximate surface area is 139 Å². The van der Waals surface area contributed by atoms with Crippen LogP contribution in [0.5, 0.6) is 0 Å². The molecule has 1 aliphatic rings. The van der Waals surface area contributed by atoms with E-state index >= 15 is 0 Å². The minimum atomic E-state index is -0.117. The first-order valence-corrected chi connectivity index (χ1v) is 8.05.